The highest BCUT2D eigenvalue weighted by atomic mass is 15.4. The van der Waals surface area contributed by atoms with Crippen molar-refractivity contribution >= 4 is 0 Å². The second-order valence-corrected chi connectivity index (χ2v) is 4.82. The van der Waals surface area contributed by atoms with Gasteiger partial charge >= 0.3 is 0 Å². The SMILES string of the molecule is CNC(c1c(C)cc(C)cc1C)c1cnnn1C. The molecule has 0 aliphatic carbocycles. The van der Waals surface area contributed by atoms with Crippen LogP contribution in [-0.2, 0) is 7.05 Å². The fourth-order valence-electron chi connectivity index (χ4n) is 2.65. The molecule has 4 heteroatoms. The Morgan fingerprint density at radius 1 is 1.17 bits per heavy atom. The zero-order chi connectivity index (χ0) is 13.3. The number of benzene rings is 1. The molecule has 2 aromatic rings. The van der Waals surface area contributed by atoms with E-state index in [9.17, 15) is 0 Å². The molecule has 2 rings (SSSR count). The van der Waals surface area contributed by atoms with Crippen molar-refractivity contribution in [3.8, 4) is 0 Å². The van der Waals surface area contributed by atoms with E-state index in [2.05, 4.69) is 48.5 Å². The molecule has 1 N–H and O–H groups in total. The zero-order valence-electron chi connectivity index (χ0n) is 11.7. The van der Waals surface area contributed by atoms with Gasteiger partial charge in [0.05, 0.1) is 17.9 Å². The van der Waals surface area contributed by atoms with Gasteiger partial charge < -0.3 is 5.32 Å². The van der Waals surface area contributed by atoms with Gasteiger partial charge in [0.15, 0.2) is 0 Å². The third-order valence-corrected chi connectivity index (χ3v) is 3.36. The van der Waals surface area contributed by atoms with Crippen LogP contribution in [0.25, 0.3) is 0 Å². The normalized spacial score (nSPS) is 12.7. The number of nitrogens with zero attached hydrogens (tertiary/aromatic N) is 3. The minimum atomic E-state index is 0.130. The number of aryl methyl sites for hydroxylation is 4. The summed E-state index contributed by atoms with van der Waals surface area (Å²) in [5.41, 5.74) is 6.29. The quantitative estimate of drug-likeness (QED) is 0.898. The summed E-state index contributed by atoms with van der Waals surface area (Å²) in [7, 11) is 3.89. The van der Waals surface area contributed by atoms with Gasteiger partial charge in [-0.25, -0.2) is 0 Å². The van der Waals surface area contributed by atoms with Crippen LogP contribution in [0.2, 0.25) is 0 Å². The standard InChI is InChI=1S/C14H20N4/c1-9-6-10(2)13(11(3)7-9)14(15-4)12-8-16-17-18(12)5/h6-8,14-15H,1-5H3. The molecule has 1 heterocycles. The topological polar surface area (TPSA) is 42.7 Å². The minimum absolute atomic E-state index is 0.130. The summed E-state index contributed by atoms with van der Waals surface area (Å²) < 4.78 is 1.82. The van der Waals surface area contributed by atoms with Crippen molar-refractivity contribution < 1.29 is 0 Å². The van der Waals surface area contributed by atoms with E-state index in [1.54, 1.807) is 0 Å². The summed E-state index contributed by atoms with van der Waals surface area (Å²) >= 11 is 0. The maximum Gasteiger partial charge on any atom is 0.0798 e. The molecule has 0 aliphatic rings. The van der Waals surface area contributed by atoms with Gasteiger partial charge in [-0.2, -0.15) is 0 Å². The molecule has 18 heavy (non-hydrogen) atoms. The second kappa shape index (κ2) is 4.90. The fourth-order valence-corrected chi connectivity index (χ4v) is 2.65. The first-order valence-corrected chi connectivity index (χ1v) is 6.14. The number of aromatic nitrogens is 3. The number of hydrogen-bond donors (Lipinski definition) is 1. The van der Waals surface area contributed by atoms with E-state index in [0.717, 1.165) is 5.69 Å². The van der Waals surface area contributed by atoms with Crippen LogP contribution in [0.4, 0.5) is 0 Å². The molecule has 4 nitrogen and oxygen atoms in total. The van der Waals surface area contributed by atoms with E-state index < -0.39 is 0 Å². The molecule has 0 radical (unpaired) electrons. The maximum atomic E-state index is 4.01. The lowest BCUT2D eigenvalue weighted by atomic mass is 9.92. The Morgan fingerprint density at radius 3 is 2.22 bits per heavy atom. The second-order valence-electron chi connectivity index (χ2n) is 4.82. The molecular weight excluding hydrogens is 224 g/mol. The Bertz CT molecular complexity index is 534. The van der Waals surface area contributed by atoms with Crippen molar-refractivity contribution in [3.63, 3.8) is 0 Å². The highest BCUT2D eigenvalue weighted by Crippen LogP contribution is 2.27. The van der Waals surface area contributed by atoms with Crippen LogP contribution >= 0.6 is 0 Å². The van der Waals surface area contributed by atoms with Gasteiger partial charge in [-0.3, -0.25) is 4.68 Å². The first kappa shape index (κ1) is 12.8. The van der Waals surface area contributed by atoms with E-state index in [4.69, 9.17) is 0 Å². The Morgan fingerprint density at radius 2 is 1.78 bits per heavy atom. The van der Waals surface area contributed by atoms with Gasteiger partial charge in [-0.05, 0) is 44.5 Å². The van der Waals surface area contributed by atoms with Crippen LogP contribution < -0.4 is 5.32 Å². The Labute approximate surface area is 108 Å². The van der Waals surface area contributed by atoms with Crippen LogP contribution in [0.15, 0.2) is 18.3 Å². The van der Waals surface area contributed by atoms with Crippen molar-refractivity contribution in [2.45, 2.75) is 26.8 Å². The predicted molar refractivity (Wildman–Crippen MR) is 72.6 cm³/mol. The molecule has 0 saturated heterocycles. The number of nitrogens with one attached hydrogen (secondary N) is 1. The minimum Gasteiger partial charge on any atom is -0.308 e. The smallest absolute Gasteiger partial charge is 0.0798 e. The van der Waals surface area contributed by atoms with E-state index in [1.807, 2.05) is 25.0 Å². The fraction of sp³-hybridized carbons (Fsp3) is 0.429. The first-order valence-electron chi connectivity index (χ1n) is 6.14. The number of rotatable bonds is 3. The molecule has 1 aromatic carbocycles. The first-order chi connectivity index (χ1) is 8.54. The molecule has 1 atom stereocenters. The van der Waals surface area contributed by atoms with Crippen LogP contribution in [0.3, 0.4) is 0 Å². The molecule has 0 aliphatic heterocycles. The predicted octanol–water partition coefficient (Wildman–Crippen LogP) is 2.05. The van der Waals surface area contributed by atoms with E-state index in [-0.39, 0.29) is 6.04 Å². The molecule has 0 bridgehead atoms. The molecule has 0 saturated carbocycles. The zero-order valence-corrected chi connectivity index (χ0v) is 11.7. The third kappa shape index (κ3) is 2.16. The van der Waals surface area contributed by atoms with Gasteiger partial charge in [0.2, 0.25) is 0 Å². The summed E-state index contributed by atoms with van der Waals surface area (Å²) in [6.45, 7) is 6.44. The van der Waals surface area contributed by atoms with Crippen molar-refractivity contribution in [1.29, 1.82) is 0 Å². The van der Waals surface area contributed by atoms with Gasteiger partial charge in [-0.1, -0.05) is 22.9 Å². The molecule has 0 spiro atoms. The Balaban J connectivity index is 2.56. The van der Waals surface area contributed by atoms with Crippen LogP contribution in [-0.4, -0.2) is 22.0 Å². The molecule has 96 valence electrons. The monoisotopic (exact) mass is 244 g/mol. The summed E-state index contributed by atoms with van der Waals surface area (Å²) in [5.74, 6) is 0. The molecular formula is C14H20N4. The van der Waals surface area contributed by atoms with Crippen LogP contribution in [0.1, 0.15) is 34.0 Å². The summed E-state index contributed by atoms with van der Waals surface area (Å²) in [6.07, 6.45) is 1.82. The summed E-state index contributed by atoms with van der Waals surface area (Å²) in [6, 6.07) is 4.57. The Kier molecular flexibility index (Phi) is 3.48. The lowest BCUT2D eigenvalue weighted by Crippen LogP contribution is -2.22. The Hall–Kier alpha value is -1.68. The van der Waals surface area contributed by atoms with E-state index >= 15 is 0 Å². The van der Waals surface area contributed by atoms with Gasteiger partial charge in [-0.15, -0.1) is 5.10 Å². The van der Waals surface area contributed by atoms with E-state index in [0.29, 0.717) is 0 Å². The van der Waals surface area contributed by atoms with Crippen molar-refractivity contribution in [2.24, 2.45) is 7.05 Å². The summed E-state index contributed by atoms with van der Waals surface area (Å²) in [5, 5.41) is 11.3. The van der Waals surface area contributed by atoms with Crippen molar-refractivity contribution in [2.75, 3.05) is 7.05 Å². The number of hydrogen-bond acceptors (Lipinski definition) is 3. The third-order valence-electron chi connectivity index (χ3n) is 3.36. The highest BCUT2D eigenvalue weighted by molar-refractivity contribution is 5.42. The van der Waals surface area contributed by atoms with Crippen LogP contribution in [0, 0.1) is 20.8 Å². The molecule has 0 fully saturated rings. The van der Waals surface area contributed by atoms with Crippen molar-refractivity contribution in [3.05, 3.63) is 46.3 Å². The average Bonchev–Trinajstić information content (AvgIpc) is 2.69. The lowest BCUT2D eigenvalue weighted by molar-refractivity contribution is 0.594. The van der Waals surface area contributed by atoms with Gasteiger partial charge in [0.25, 0.3) is 0 Å². The maximum absolute atomic E-state index is 4.01. The molecule has 1 unspecified atom stereocenters. The highest BCUT2D eigenvalue weighted by Gasteiger charge is 2.20. The van der Waals surface area contributed by atoms with E-state index in [1.165, 1.54) is 22.3 Å². The van der Waals surface area contributed by atoms with Gasteiger partial charge in [0, 0.05) is 7.05 Å². The van der Waals surface area contributed by atoms with Crippen molar-refractivity contribution in [1.82, 2.24) is 20.3 Å². The van der Waals surface area contributed by atoms with Gasteiger partial charge in [0.1, 0.15) is 0 Å². The largest absolute Gasteiger partial charge is 0.308 e. The lowest BCUT2D eigenvalue weighted by Gasteiger charge is -2.21. The van der Waals surface area contributed by atoms with Crippen LogP contribution in [0.5, 0.6) is 0 Å². The average molecular weight is 244 g/mol. The molecule has 1 aromatic heterocycles. The molecule has 0 amide bonds. The summed E-state index contributed by atoms with van der Waals surface area (Å²) in [4.78, 5) is 0.